The van der Waals surface area contributed by atoms with E-state index in [0.29, 0.717) is 22.6 Å². The van der Waals surface area contributed by atoms with Crippen LogP contribution in [0.2, 0.25) is 0 Å². The lowest BCUT2D eigenvalue weighted by molar-refractivity contribution is 0.0963. The van der Waals surface area contributed by atoms with Gasteiger partial charge in [-0.2, -0.15) is 0 Å². The number of carbonyl (C=O) groups excluding carboxylic acids is 1. The van der Waals surface area contributed by atoms with Gasteiger partial charge in [0.25, 0.3) is 5.91 Å². The van der Waals surface area contributed by atoms with Crippen LogP contribution in [-0.2, 0) is 5.41 Å². The Hall–Kier alpha value is -3.62. The van der Waals surface area contributed by atoms with Gasteiger partial charge in [-0.3, -0.25) is 9.78 Å². The largest absolute Gasteiger partial charge is 0.507 e. The van der Waals surface area contributed by atoms with E-state index < -0.39 is 17.4 Å². The number of rotatable bonds is 8. The van der Waals surface area contributed by atoms with Gasteiger partial charge in [0.05, 0.1) is 17.6 Å². The summed E-state index contributed by atoms with van der Waals surface area (Å²) in [6.45, 7) is 3.35. The standard InChI is InChI=1S/C23H25F2N5O2/c1-14(24)12-23(2,21-17(25)5-4-10-27-21)13-28-20-9-7-18(29-30-20)16-11-15(22(32)26-3)6-8-19(16)31/h4-11,14,31H,12-13H2,1-3H3,(H,26,32)(H,28,30)/t14-,23-/m0/s1. The Bertz CT molecular complexity index is 1090. The second-order valence-corrected chi connectivity index (χ2v) is 7.85. The summed E-state index contributed by atoms with van der Waals surface area (Å²) in [5, 5.41) is 24.0. The van der Waals surface area contributed by atoms with E-state index in [9.17, 15) is 18.7 Å². The lowest BCUT2D eigenvalue weighted by atomic mass is 9.81. The Balaban J connectivity index is 1.81. The Morgan fingerprint density at radius 2 is 2.00 bits per heavy atom. The highest BCUT2D eigenvalue weighted by Crippen LogP contribution is 2.32. The van der Waals surface area contributed by atoms with Crippen molar-refractivity contribution in [3.63, 3.8) is 0 Å². The molecule has 168 valence electrons. The molecular weight excluding hydrogens is 416 g/mol. The first-order valence-corrected chi connectivity index (χ1v) is 10.1. The van der Waals surface area contributed by atoms with Crippen molar-refractivity contribution in [2.45, 2.75) is 31.9 Å². The van der Waals surface area contributed by atoms with Crippen LogP contribution in [0.5, 0.6) is 5.75 Å². The van der Waals surface area contributed by atoms with Gasteiger partial charge in [0, 0.05) is 36.3 Å². The number of hydrogen-bond acceptors (Lipinski definition) is 6. The minimum Gasteiger partial charge on any atom is -0.507 e. The summed E-state index contributed by atoms with van der Waals surface area (Å²) in [5.41, 5.74) is 0.363. The fourth-order valence-electron chi connectivity index (χ4n) is 3.59. The van der Waals surface area contributed by atoms with Gasteiger partial charge in [0.1, 0.15) is 17.4 Å². The summed E-state index contributed by atoms with van der Waals surface area (Å²) in [6.07, 6.45) is 0.389. The molecule has 1 aromatic carbocycles. The van der Waals surface area contributed by atoms with E-state index in [-0.39, 0.29) is 30.3 Å². The van der Waals surface area contributed by atoms with Gasteiger partial charge in [-0.25, -0.2) is 8.78 Å². The second kappa shape index (κ2) is 9.67. The van der Waals surface area contributed by atoms with Gasteiger partial charge in [0.15, 0.2) is 0 Å². The normalized spacial score (nSPS) is 13.8. The van der Waals surface area contributed by atoms with Crippen LogP contribution in [0.15, 0.2) is 48.7 Å². The molecule has 2 heterocycles. The van der Waals surface area contributed by atoms with Crippen LogP contribution in [0.25, 0.3) is 11.3 Å². The minimum absolute atomic E-state index is 0.0391. The molecule has 0 aliphatic carbocycles. The number of phenolic OH excluding ortho intramolecular Hbond substituents is 1. The van der Waals surface area contributed by atoms with E-state index in [1.807, 2.05) is 0 Å². The molecule has 2 aromatic heterocycles. The summed E-state index contributed by atoms with van der Waals surface area (Å²) in [4.78, 5) is 16.0. The van der Waals surface area contributed by atoms with Crippen LogP contribution in [0.3, 0.4) is 0 Å². The number of nitrogens with one attached hydrogen (secondary N) is 2. The molecule has 1 amide bonds. The fourth-order valence-corrected chi connectivity index (χ4v) is 3.59. The van der Waals surface area contributed by atoms with Crippen molar-refractivity contribution in [3.05, 3.63) is 65.7 Å². The number of nitrogens with zero attached hydrogens (tertiary/aromatic N) is 3. The van der Waals surface area contributed by atoms with Crippen LogP contribution in [0.1, 0.15) is 36.3 Å². The quantitative estimate of drug-likeness (QED) is 0.491. The molecule has 0 radical (unpaired) electrons. The molecule has 0 unspecified atom stereocenters. The third kappa shape index (κ3) is 5.16. The smallest absolute Gasteiger partial charge is 0.251 e. The minimum atomic E-state index is -1.16. The first-order valence-electron chi connectivity index (χ1n) is 10.1. The van der Waals surface area contributed by atoms with Crippen molar-refractivity contribution in [3.8, 4) is 17.0 Å². The molecule has 0 spiro atoms. The summed E-state index contributed by atoms with van der Waals surface area (Å²) >= 11 is 0. The Morgan fingerprint density at radius 1 is 1.22 bits per heavy atom. The number of aromatic nitrogens is 3. The van der Waals surface area contributed by atoms with Crippen LogP contribution >= 0.6 is 0 Å². The van der Waals surface area contributed by atoms with Gasteiger partial charge in [-0.05, 0) is 55.8 Å². The molecule has 9 heteroatoms. The first kappa shape index (κ1) is 23.1. The SMILES string of the molecule is CNC(=O)c1ccc(O)c(-c2ccc(NC[C@](C)(C[C@H](C)F)c3ncccc3F)nn2)c1. The van der Waals surface area contributed by atoms with Crippen molar-refractivity contribution < 1.29 is 18.7 Å². The lowest BCUT2D eigenvalue weighted by Crippen LogP contribution is -2.35. The van der Waals surface area contributed by atoms with Crippen LogP contribution in [0, 0.1) is 5.82 Å². The molecule has 2 atom stereocenters. The van der Waals surface area contributed by atoms with Gasteiger partial charge < -0.3 is 15.7 Å². The predicted molar refractivity (Wildman–Crippen MR) is 118 cm³/mol. The summed E-state index contributed by atoms with van der Waals surface area (Å²) < 4.78 is 28.2. The van der Waals surface area contributed by atoms with Crippen molar-refractivity contribution in [2.24, 2.45) is 0 Å². The fraction of sp³-hybridized carbons (Fsp3) is 0.304. The average Bonchev–Trinajstić information content (AvgIpc) is 2.78. The highest BCUT2D eigenvalue weighted by atomic mass is 19.1. The van der Waals surface area contributed by atoms with Crippen LogP contribution in [0.4, 0.5) is 14.6 Å². The topological polar surface area (TPSA) is 100 Å². The van der Waals surface area contributed by atoms with Crippen molar-refractivity contribution >= 4 is 11.7 Å². The van der Waals surface area contributed by atoms with E-state index in [0.717, 1.165) is 0 Å². The summed E-state index contributed by atoms with van der Waals surface area (Å²) in [5.74, 6) is -0.432. The highest BCUT2D eigenvalue weighted by molar-refractivity contribution is 5.95. The molecule has 0 saturated heterocycles. The molecule has 3 rings (SSSR count). The van der Waals surface area contributed by atoms with E-state index in [1.165, 1.54) is 50.5 Å². The molecule has 7 nitrogen and oxygen atoms in total. The second-order valence-electron chi connectivity index (χ2n) is 7.85. The lowest BCUT2D eigenvalue weighted by Gasteiger charge is -2.30. The van der Waals surface area contributed by atoms with Crippen molar-refractivity contribution in [2.75, 3.05) is 18.9 Å². The van der Waals surface area contributed by atoms with Crippen LogP contribution < -0.4 is 10.6 Å². The Labute approximate surface area is 184 Å². The number of halogens is 2. The molecule has 32 heavy (non-hydrogen) atoms. The van der Waals surface area contributed by atoms with Gasteiger partial charge in [0.2, 0.25) is 0 Å². The number of anilines is 1. The zero-order valence-corrected chi connectivity index (χ0v) is 18.1. The summed E-state index contributed by atoms with van der Waals surface area (Å²) in [7, 11) is 1.52. The number of aromatic hydroxyl groups is 1. The molecule has 0 bridgehead atoms. The Morgan fingerprint density at radius 3 is 2.62 bits per heavy atom. The highest BCUT2D eigenvalue weighted by Gasteiger charge is 2.33. The van der Waals surface area contributed by atoms with Gasteiger partial charge in [-0.1, -0.05) is 6.92 Å². The average molecular weight is 441 g/mol. The first-order chi connectivity index (χ1) is 15.2. The summed E-state index contributed by atoms with van der Waals surface area (Å²) in [6, 6.07) is 10.5. The number of phenols is 1. The maximum absolute atomic E-state index is 14.4. The number of pyridine rings is 1. The molecular formula is C23H25F2N5O2. The molecule has 0 saturated carbocycles. The monoisotopic (exact) mass is 441 g/mol. The van der Waals surface area contributed by atoms with Gasteiger partial charge >= 0.3 is 0 Å². The molecule has 0 aliphatic heterocycles. The van der Waals surface area contributed by atoms with Crippen molar-refractivity contribution in [1.29, 1.82) is 0 Å². The maximum Gasteiger partial charge on any atom is 0.251 e. The van der Waals surface area contributed by atoms with E-state index in [4.69, 9.17) is 0 Å². The van der Waals surface area contributed by atoms with Gasteiger partial charge in [-0.15, -0.1) is 10.2 Å². The molecule has 3 N–H and O–H groups in total. The molecule has 3 aromatic rings. The van der Waals surface area contributed by atoms with E-state index in [2.05, 4.69) is 25.8 Å². The third-order valence-electron chi connectivity index (χ3n) is 5.15. The molecule has 0 fully saturated rings. The van der Waals surface area contributed by atoms with E-state index in [1.54, 1.807) is 19.1 Å². The Kier molecular flexibility index (Phi) is 6.97. The number of hydrogen-bond donors (Lipinski definition) is 3. The number of carbonyl (C=O) groups is 1. The zero-order valence-electron chi connectivity index (χ0n) is 18.1. The predicted octanol–water partition coefficient (Wildman–Crippen LogP) is 3.86. The number of benzene rings is 1. The number of alkyl halides is 1. The van der Waals surface area contributed by atoms with Crippen LogP contribution in [-0.4, -0.2) is 46.0 Å². The third-order valence-corrected chi connectivity index (χ3v) is 5.15. The van der Waals surface area contributed by atoms with Crippen molar-refractivity contribution in [1.82, 2.24) is 20.5 Å². The van der Waals surface area contributed by atoms with E-state index >= 15 is 0 Å². The maximum atomic E-state index is 14.4. The zero-order chi connectivity index (χ0) is 23.3. The number of amides is 1. The molecule has 0 aliphatic rings.